The zero-order chi connectivity index (χ0) is 18.8. The molecule has 2 atom stereocenters. The Balaban J connectivity index is 2.34. The standard InChI is InChI=1S/C19H18N4O3/c1-4-13-16(10(2)24)17(18-14(22-13)9-21-23-19(18)25)12-6-5-11(8-20)7-15(12)26-3/h5-7,9,16-17H,4H2,1-3H3,(H,23,25). The number of aromatic amines is 1. The van der Waals surface area contributed by atoms with Crippen molar-refractivity contribution in [2.45, 2.75) is 26.2 Å². The molecule has 2 unspecified atom stereocenters. The van der Waals surface area contributed by atoms with E-state index in [1.807, 2.05) is 6.92 Å². The third kappa shape index (κ3) is 2.80. The van der Waals surface area contributed by atoms with Gasteiger partial charge in [-0.2, -0.15) is 10.4 Å². The fourth-order valence-electron chi connectivity index (χ4n) is 3.51. The van der Waals surface area contributed by atoms with Crippen LogP contribution in [0.5, 0.6) is 5.75 Å². The van der Waals surface area contributed by atoms with E-state index in [1.165, 1.54) is 20.2 Å². The number of aliphatic imine (C=N–C) groups is 1. The second-order valence-electron chi connectivity index (χ2n) is 6.09. The number of H-pyrrole nitrogens is 1. The van der Waals surface area contributed by atoms with Crippen LogP contribution in [0.1, 0.15) is 42.9 Å². The van der Waals surface area contributed by atoms with E-state index in [9.17, 15) is 9.59 Å². The van der Waals surface area contributed by atoms with Gasteiger partial charge < -0.3 is 4.74 Å². The lowest BCUT2D eigenvalue weighted by molar-refractivity contribution is -0.119. The number of hydrogen-bond donors (Lipinski definition) is 1. The van der Waals surface area contributed by atoms with Gasteiger partial charge in [0.15, 0.2) is 0 Å². The monoisotopic (exact) mass is 350 g/mol. The minimum atomic E-state index is -0.571. The fraction of sp³-hybridized carbons (Fsp3) is 0.316. The van der Waals surface area contributed by atoms with Gasteiger partial charge in [0.1, 0.15) is 11.5 Å². The highest BCUT2D eigenvalue weighted by atomic mass is 16.5. The van der Waals surface area contributed by atoms with Gasteiger partial charge in [-0.15, -0.1) is 0 Å². The summed E-state index contributed by atoms with van der Waals surface area (Å²) in [6.45, 7) is 3.42. The number of carbonyl (C=O) groups excluding carboxylic acids is 1. The van der Waals surface area contributed by atoms with Crippen LogP contribution >= 0.6 is 0 Å². The first-order chi connectivity index (χ1) is 12.5. The van der Waals surface area contributed by atoms with Crippen molar-refractivity contribution < 1.29 is 9.53 Å². The number of benzene rings is 1. The number of rotatable bonds is 4. The highest BCUT2D eigenvalue weighted by Gasteiger charge is 2.39. The molecule has 7 heteroatoms. The number of Topliss-reactive ketones (excluding diaryl/α,β-unsaturated/α-hetero) is 1. The zero-order valence-electron chi connectivity index (χ0n) is 14.7. The van der Waals surface area contributed by atoms with Crippen LogP contribution < -0.4 is 10.3 Å². The average molecular weight is 350 g/mol. The highest BCUT2D eigenvalue weighted by Crippen LogP contribution is 2.44. The number of methoxy groups -OCH3 is 1. The number of carbonyl (C=O) groups is 1. The smallest absolute Gasteiger partial charge is 0.270 e. The van der Waals surface area contributed by atoms with Crippen molar-refractivity contribution in [1.29, 1.82) is 5.26 Å². The molecule has 2 aromatic rings. The van der Waals surface area contributed by atoms with E-state index in [2.05, 4.69) is 21.3 Å². The molecule has 0 radical (unpaired) electrons. The van der Waals surface area contributed by atoms with Gasteiger partial charge in [0.2, 0.25) is 0 Å². The van der Waals surface area contributed by atoms with Gasteiger partial charge >= 0.3 is 0 Å². The lowest BCUT2D eigenvalue weighted by Crippen LogP contribution is -2.35. The Kier molecular flexibility index (Phi) is 4.67. The minimum absolute atomic E-state index is 0.0797. The average Bonchev–Trinajstić information content (AvgIpc) is 2.65. The topological polar surface area (TPSA) is 108 Å². The molecule has 1 aromatic carbocycles. The highest BCUT2D eigenvalue weighted by molar-refractivity contribution is 6.07. The molecule has 1 aromatic heterocycles. The molecule has 0 saturated heterocycles. The van der Waals surface area contributed by atoms with E-state index >= 15 is 0 Å². The number of nitrogens with one attached hydrogen (secondary N) is 1. The van der Waals surface area contributed by atoms with Crippen molar-refractivity contribution in [1.82, 2.24) is 10.2 Å². The summed E-state index contributed by atoms with van der Waals surface area (Å²) < 4.78 is 5.46. The molecule has 0 aliphatic carbocycles. The Morgan fingerprint density at radius 2 is 2.19 bits per heavy atom. The normalized spacial score (nSPS) is 18.5. The van der Waals surface area contributed by atoms with Crippen LogP contribution in [0, 0.1) is 17.2 Å². The van der Waals surface area contributed by atoms with Gasteiger partial charge in [-0.25, -0.2) is 5.10 Å². The predicted octanol–water partition coefficient (Wildman–Crippen LogP) is 2.48. The van der Waals surface area contributed by atoms with Crippen molar-refractivity contribution in [3.05, 3.63) is 51.4 Å². The van der Waals surface area contributed by atoms with E-state index in [-0.39, 0.29) is 11.3 Å². The number of fused-ring (bicyclic) bond motifs is 1. The number of nitriles is 1. The molecule has 0 fully saturated rings. The van der Waals surface area contributed by atoms with E-state index in [1.54, 1.807) is 18.2 Å². The van der Waals surface area contributed by atoms with Crippen LogP contribution in [0.15, 0.2) is 34.2 Å². The lowest BCUT2D eigenvalue weighted by atomic mass is 9.73. The van der Waals surface area contributed by atoms with Crippen molar-refractivity contribution in [2.75, 3.05) is 7.11 Å². The number of ketones is 1. The molecule has 0 spiro atoms. The Morgan fingerprint density at radius 1 is 1.42 bits per heavy atom. The SMILES string of the molecule is CCC1=Nc2cn[nH]c(=O)c2C(c2ccc(C#N)cc2OC)C1C(C)=O. The summed E-state index contributed by atoms with van der Waals surface area (Å²) in [5.74, 6) is -0.745. The van der Waals surface area contributed by atoms with Crippen molar-refractivity contribution in [2.24, 2.45) is 10.9 Å². The van der Waals surface area contributed by atoms with E-state index in [4.69, 9.17) is 10.00 Å². The molecular formula is C19H18N4O3. The van der Waals surface area contributed by atoms with E-state index < -0.39 is 11.8 Å². The van der Waals surface area contributed by atoms with Gasteiger partial charge in [-0.05, 0) is 25.5 Å². The zero-order valence-corrected chi connectivity index (χ0v) is 14.7. The maximum absolute atomic E-state index is 12.5. The first-order valence-corrected chi connectivity index (χ1v) is 8.25. The Morgan fingerprint density at radius 3 is 2.81 bits per heavy atom. The maximum atomic E-state index is 12.5. The largest absolute Gasteiger partial charge is 0.496 e. The summed E-state index contributed by atoms with van der Waals surface area (Å²) in [5.41, 5.74) is 2.28. The summed E-state index contributed by atoms with van der Waals surface area (Å²) in [6.07, 6.45) is 2.07. The summed E-state index contributed by atoms with van der Waals surface area (Å²) in [6, 6.07) is 7.07. The summed E-state index contributed by atoms with van der Waals surface area (Å²) in [5, 5.41) is 15.4. The minimum Gasteiger partial charge on any atom is -0.496 e. The van der Waals surface area contributed by atoms with E-state index in [0.29, 0.717) is 40.3 Å². The molecule has 7 nitrogen and oxygen atoms in total. The number of hydrogen-bond acceptors (Lipinski definition) is 6. The molecule has 1 aliphatic rings. The summed E-state index contributed by atoms with van der Waals surface area (Å²) in [4.78, 5) is 29.5. The van der Waals surface area contributed by atoms with Gasteiger partial charge in [-0.1, -0.05) is 13.0 Å². The van der Waals surface area contributed by atoms with Gasteiger partial charge in [-0.3, -0.25) is 14.6 Å². The van der Waals surface area contributed by atoms with Crippen molar-refractivity contribution >= 4 is 17.2 Å². The Hall–Kier alpha value is -3.27. The van der Waals surface area contributed by atoms with Crippen LogP contribution in [0.4, 0.5) is 5.69 Å². The molecule has 0 amide bonds. The van der Waals surface area contributed by atoms with Gasteiger partial charge in [0.05, 0.1) is 42.1 Å². The maximum Gasteiger partial charge on any atom is 0.270 e. The van der Waals surface area contributed by atoms with Crippen LogP contribution in [0.3, 0.4) is 0 Å². The molecule has 132 valence electrons. The quantitative estimate of drug-likeness (QED) is 0.911. The number of aromatic nitrogens is 2. The first kappa shape index (κ1) is 17.5. The van der Waals surface area contributed by atoms with Gasteiger partial charge in [0, 0.05) is 17.2 Å². The molecule has 2 heterocycles. The lowest BCUT2D eigenvalue weighted by Gasteiger charge is -2.31. The Bertz CT molecular complexity index is 1000. The molecule has 1 aliphatic heterocycles. The Labute approximate surface area is 150 Å². The number of nitrogens with zero attached hydrogens (tertiary/aromatic N) is 3. The van der Waals surface area contributed by atoms with Crippen LogP contribution in [0.25, 0.3) is 0 Å². The number of ether oxygens (including phenoxy) is 1. The van der Waals surface area contributed by atoms with Crippen molar-refractivity contribution in [3.8, 4) is 11.8 Å². The van der Waals surface area contributed by atoms with E-state index in [0.717, 1.165) is 0 Å². The molecular weight excluding hydrogens is 332 g/mol. The molecule has 0 saturated carbocycles. The summed E-state index contributed by atoms with van der Waals surface area (Å²) in [7, 11) is 1.50. The third-order valence-electron chi connectivity index (χ3n) is 4.64. The van der Waals surface area contributed by atoms with Gasteiger partial charge in [0.25, 0.3) is 5.56 Å². The van der Waals surface area contributed by atoms with Crippen LogP contribution in [0.2, 0.25) is 0 Å². The van der Waals surface area contributed by atoms with Crippen LogP contribution in [-0.2, 0) is 4.79 Å². The first-order valence-electron chi connectivity index (χ1n) is 8.25. The third-order valence-corrected chi connectivity index (χ3v) is 4.64. The second-order valence-corrected chi connectivity index (χ2v) is 6.09. The van der Waals surface area contributed by atoms with Crippen LogP contribution in [-0.4, -0.2) is 28.8 Å². The fourth-order valence-corrected chi connectivity index (χ4v) is 3.51. The second kappa shape index (κ2) is 6.92. The summed E-state index contributed by atoms with van der Waals surface area (Å²) >= 11 is 0. The molecule has 0 bridgehead atoms. The molecule has 3 rings (SSSR count). The van der Waals surface area contributed by atoms with Crippen molar-refractivity contribution in [3.63, 3.8) is 0 Å². The predicted molar refractivity (Wildman–Crippen MR) is 96.0 cm³/mol. The molecule has 1 N–H and O–H groups in total. The molecule has 26 heavy (non-hydrogen) atoms.